The molecule has 0 fully saturated rings. The molecule has 0 unspecified atom stereocenters. The molecule has 3 nitrogen and oxygen atoms in total. The van der Waals surface area contributed by atoms with Gasteiger partial charge in [-0.05, 0) is 44.9 Å². The van der Waals surface area contributed by atoms with Gasteiger partial charge in [0.05, 0.1) is 12.9 Å². The Bertz CT molecular complexity index is 438. The van der Waals surface area contributed by atoms with Crippen LogP contribution in [0.3, 0.4) is 0 Å². The maximum Gasteiger partial charge on any atom is 0.315 e. The number of carbonyl (C=O) groups is 1. The molecule has 1 rings (SSSR count). The molecular formula is C15H23NO2S. The number of carbonyl (C=O) groups excluding carboxylic acids is 1. The second-order valence-corrected chi connectivity index (χ2v) is 6.59. The molecule has 0 aliphatic heterocycles. The zero-order valence-corrected chi connectivity index (χ0v) is 13.2. The van der Waals surface area contributed by atoms with E-state index in [1.54, 1.807) is 0 Å². The van der Waals surface area contributed by atoms with Gasteiger partial charge in [-0.15, -0.1) is 11.8 Å². The molecule has 0 heterocycles. The van der Waals surface area contributed by atoms with Gasteiger partial charge in [0.15, 0.2) is 0 Å². The van der Waals surface area contributed by atoms with Crippen molar-refractivity contribution in [3.05, 3.63) is 29.3 Å². The zero-order chi connectivity index (χ0) is 14.5. The van der Waals surface area contributed by atoms with Crippen LogP contribution in [-0.2, 0) is 16.1 Å². The fourth-order valence-corrected chi connectivity index (χ4v) is 2.39. The maximum absolute atomic E-state index is 11.1. The number of esters is 1. The van der Waals surface area contributed by atoms with Crippen LogP contribution in [0.2, 0.25) is 0 Å². The molecular weight excluding hydrogens is 258 g/mol. The van der Waals surface area contributed by atoms with Crippen LogP contribution >= 0.6 is 11.8 Å². The van der Waals surface area contributed by atoms with Gasteiger partial charge in [-0.3, -0.25) is 4.79 Å². The van der Waals surface area contributed by atoms with Gasteiger partial charge in [-0.2, -0.15) is 0 Å². The lowest BCUT2D eigenvalue weighted by Crippen LogP contribution is -2.35. The van der Waals surface area contributed by atoms with Gasteiger partial charge in [0, 0.05) is 17.0 Å². The third kappa shape index (κ3) is 6.12. The minimum atomic E-state index is -0.192. The third-order valence-electron chi connectivity index (χ3n) is 2.64. The summed E-state index contributed by atoms with van der Waals surface area (Å²) >= 11 is 1.52. The summed E-state index contributed by atoms with van der Waals surface area (Å²) in [6.07, 6.45) is 0. The predicted octanol–water partition coefficient (Wildman–Crippen LogP) is 3.15. The van der Waals surface area contributed by atoms with Crippen LogP contribution in [0.15, 0.2) is 23.1 Å². The van der Waals surface area contributed by atoms with Crippen LogP contribution in [0.4, 0.5) is 0 Å². The summed E-state index contributed by atoms with van der Waals surface area (Å²) in [5, 5.41) is 3.46. The molecule has 0 amide bonds. The highest BCUT2D eigenvalue weighted by Gasteiger charge is 2.09. The molecule has 0 aromatic heterocycles. The Kier molecular flexibility index (Phi) is 5.88. The highest BCUT2D eigenvalue weighted by molar-refractivity contribution is 8.00. The van der Waals surface area contributed by atoms with E-state index < -0.39 is 0 Å². The summed E-state index contributed by atoms with van der Waals surface area (Å²) < 4.78 is 4.64. The van der Waals surface area contributed by atoms with E-state index in [0.29, 0.717) is 5.75 Å². The van der Waals surface area contributed by atoms with E-state index >= 15 is 0 Å². The fourth-order valence-electron chi connectivity index (χ4n) is 1.55. The molecule has 19 heavy (non-hydrogen) atoms. The Morgan fingerprint density at radius 2 is 2.05 bits per heavy atom. The summed E-state index contributed by atoms with van der Waals surface area (Å²) in [6.45, 7) is 9.38. The van der Waals surface area contributed by atoms with Crippen molar-refractivity contribution in [2.75, 3.05) is 12.9 Å². The number of hydrogen-bond acceptors (Lipinski definition) is 4. The normalized spacial score (nSPS) is 11.4. The maximum atomic E-state index is 11.1. The first-order valence-corrected chi connectivity index (χ1v) is 7.34. The molecule has 0 saturated carbocycles. The van der Waals surface area contributed by atoms with Gasteiger partial charge in [0.25, 0.3) is 0 Å². The van der Waals surface area contributed by atoms with Crippen molar-refractivity contribution in [1.82, 2.24) is 5.32 Å². The summed E-state index contributed by atoms with van der Waals surface area (Å²) in [7, 11) is 1.41. The van der Waals surface area contributed by atoms with Crippen LogP contribution < -0.4 is 5.32 Å². The Morgan fingerprint density at radius 3 is 2.58 bits per heavy atom. The number of thioether (sulfide) groups is 1. The average Bonchev–Trinajstić information content (AvgIpc) is 2.34. The van der Waals surface area contributed by atoms with Crippen molar-refractivity contribution in [2.24, 2.45) is 0 Å². The minimum absolute atomic E-state index is 0.117. The van der Waals surface area contributed by atoms with E-state index in [9.17, 15) is 4.79 Å². The SMILES string of the molecule is COC(=O)CSc1ccc(CNC(C)(C)C)cc1C. The highest BCUT2D eigenvalue weighted by atomic mass is 32.2. The number of nitrogens with one attached hydrogen (secondary N) is 1. The first-order chi connectivity index (χ1) is 8.81. The Balaban J connectivity index is 2.61. The number of rotatable bonds is 5. The lowest BCUT2D eigenvalue weighted by Gasteiger charge is -2.21. The zero-order valence-electron chi connectivity index (χ0n) is 12.4. The molecule has 1 N–H and O–H groups in total. The Hall–Kier alpha value is -1.00. The van der Waals surface area contributed by atoms with Crippen molar-refractivity contribution in [2.45, 2.75) is 44.7 Å². The molecule has 4 heteroatoms. The highest BCUT2D eigenvalue weighted by Crippen LogP contribution is 2.23. The van der Waals surface area contributed by atoms with E-state index in [0.717, 1.165) is 11.4 Å². The van der Waals surface area contributed by atoms with E-state index in [1.165, 1.54) is 30.0 Å². The minimum Gasteiger partial charge on any atom is -0.468 e. The summed E-state index contributed by atoms with van der Waals surface area (Å²) in [6, 6.07) is 6.34. The number of aryl methyl sites for hydroxylation is 1. The molecule has 0 bridgehead atoms. The molecule has 0 radical (unpaired) electrons. The van der Waals surface area contributed by atoms with Gasteiger partial charge in [-0.25, -0.2) is 0 Å². The van der Waals surface area contributed by atoms with Gasteiger partial charge >= 0.3 is 5.97 Å². The van der Waals surface area contributed by atoms with Crippen molar-refractivity contribution < 1.29 is 9.53 Å². The third-order valence-corrected chi connectivity index (χ3v) is 3.78. The molecule has 0 atom stereocenters. The Labute approximate surface area is 120 Å². The number of methoxy groups -OCH3 is 1. The van der Waals surface area contributed by atoms with Crippen LogP contribution in [0.5, 0.6) is 0 Å². The lowest BCUT2D eigenvalue weighted by molar-refractivity contribution is -0.137. The van der Waals surface area contributed by atoms with E-state index in [4.69, 9.17) is 0 Å². The molecule has 106 valence electrons. The first-order valence-electron chi connectivity index (χ1n) is 6.36. The predicted molar refractivity (Wildman–Crippen MR) is 80.5 cm³/mol. The monoisotopic (exact) mass is 281 g/mol. The van der Waals surface area contributed by atoms with Crippen molar-refractivity contribution in [1.29, 1.82) is 0 Å². The van der Waals surface area contributed by atoms with Crippen molar-refractivity contribution in [3.63, 3.8) is 0 Å². The summed E-state index contributed by atoms with van der Waals surface area (Å²) in [5.74, 6) is 0.166. The van der Waals surface area contributed by atoms with Crippen LogP contribution in [0.1, 0.15) is 31.9 Å². The topological polar surface area (TPSA) is 38.3 Å². The van der Waals surface area contributed by atoms with Gasteiger partial charge < -0.3 is 10.1 Å². The number of hydrogen-bond donors (Lipinski definition) is 1. The van der Waals surface area contributed by atoms with Gasteiger partial charge in [-0.1, -0.05) is 12.1 Å². The van der Waals surface area contributed by atoms with Crippen LogP contribution in [-0.4, -0.2) is 24.4 Å². The molecule has 1 aromatic carbocycles. The number of ether oxygens (including phenoxy) is 1. The van der Waals surface area contributed by atoms with Crippen LogP contribution in [0, 0.1) is 6.92 Å². The first kappa shape index (κ1) is 16.1. The smallest absolute Gasteiger partial charge is 0.315 e. The second kappa shape index (κ2) is 6.96. The molecule has 0 aliphatic rings. The summed E-state index contributed by atoms with van der Waals surface area (Å²) in [5.41, 5.74) is 2.57. The van der Waals surface area contributed by atoms with Crippen molar-refractivity contribution in [3.8, 4) is 0 Å². The quantitative estimate of drug-likeness (QED) is 0.664. The van der Waals surface area contributed by atoms with Gasteiger partial charge in [0.1, 0.15) is 0 Å². The van der Waals surface area contributed by atoms with Gasteiger partial charge in [0.2, 0.25) is 0 Å². The van der Waals surface area contributed by atoms with E-state index in [1.807, 2.05) is 0 Å². The Morgan fingerprint density at radius 1 is 1.37 bits per heavy atom. The van der Waals surface area contributed by atoms with Crippen LogP contribution in [0.25, 0.3) is 0 Å². The van der Waals surface area contributed by atoms with E-state index in [-0.39, 0.29) is 11.5 Å². The number of benzene rings is 1. The summed E-state index contributed by atoms with van der Waals surface area (Å²) in [4.78, 5) is 12.3. The van der Waals surface area contributed by atoms with Crippen molar-refractivity contribution >= 4 is 17.7 Å². The lowest BCUT2D eigenvalue weighted by atomic mass is 10.1. The molecule has 0 spiro atoms. The molecule has 0 saturated heterocycles. The fraction of sp³-hybridized carbons (Fsp3) is 0.533. The molecule has 1 aromatic rings. The standard InChI is InChI=1S/C15H23NO2S/c1-11-8-12(9-16-15(2,3)4)6-7-13(11)19-10-14(17)18-5/h6-8,16H,9-10H2,1-5H3. The largest absolute Gasteiger partial charge is 0.468 e. The molecule has 0 aliphatic carbocycles. The average molecular weight is 281 g/mol. The second-order valence-electron chi connectivity index (χ2n) is 5.57. The van der Waals surface area contributed by atoms with E-state index in [2.05, 4.69) is 55.9 Å².